The number of amides is 1. The number of aryl methyl sites for hydroxylation is 1. The van der Waals surface area contributed by atoms with Crippen LogP contribution in [0.3, 0.4) is 0 Å². The van der Waals surface area contributed by atoms with Crippen molar-refractivity contribution in [1.82, 2.24) is 24.8 Å². The summed E-state index contributed by atoms with van der Waals surface area (Å²) in [5, 5.41) is 2.84. The van der Waals surface area contributed by atoms with Crippen LogP contribution >= 0.6 is 0 Å². The maximum Gasteiger partial charge on any atom is 0.398 e. The van der Waals surface area contributed by atoms with E-state index >= 15 is 4.39 Å². The molecule has 0 bridgehead atoms. The summed E-state index contributed by atoms with van der Waals surface area (Å²) in [6, 6.07) is 7.75. The van der Waals surface area contributed by atoms with Gasteiger partial charge in [-0.05, 0) is 44.5 Å². The third-order valence-corrected chi connectivity index (χ3v) is 6.89. The number of alkyl halides is 2. The van der Waals surface area contributed by atoms with E-state index in [1.54, 1.807) is 6.07 Å². The summed E-state index contributed by atoms with van der Waals surface area (Å²) in [6.07, 6.45) is 3.11. The van der Waals surface area contributed by atoms with Crippen LogP contribution in [0.25, 0.3) is 22.2 Å². The average molecular weight is 578 g/mol. The molecule has 40 heavy (non-hydrogen) atoms. The fraction of sp³-hybridized carbons (Fsp3) is 0.280. The number of benzene rings is 2. The number of carbonyl (C=O) groups is 1. The fourth-order valence-corrected chi connectivity index (χ4v) is 5.15. The number of imidazole rings is 1. The van der Waals surface area contributed by atoms with Gasteiger partial charge in [-0.1, -0.05) is 6.07 Å². The molecule has 3 heterocycles. The van der Waals surface area contributed by atoms with Gasteiger partial charge >= 0.3 is 17.0 Å². The molecule has 0 saturated carbocycles. The number of fused-ring (bicyclic) bond motifs is 3. The number of carbonyl (C=O) groups excluding carboxylic acids is 1. The van der Waals surface area contributed by atoms with E-state index in [4.69, 9.17) is 4.55 Å². The number of ether oxygens (including phenoxy) is 1. The van der Waals surface area contributed by atoms with Gasteiger partial charge in [-0.3, -0.25) is 9.35 Å². The molecule has 0 unspecified atom stereocenters. The number of hydrogen-bond donors (Lipinski definition) is 2. The van der Waals surface area contributed by atoms with E-state index in [1.165, 1.54) is 56.6 Å². The molecule has 2 aromatic carbocycles. The molecule has 5 rings (SSSR count). The molecule has 1 atom stereocenters. The van der Waals surface area contributed by atoms with Crippen molar-refractivity contribution in [2.45, 2.75) is 45.1 Å². The van der Waals surface area contributed by atoms with Gasteiger partial charge in [-0.25, -0.2) is 23.5 Å². The first-order valence-electron chi connectivity index (χ1n) is 11.9. The van der Waals surface area contributed by atoms with Gasteiger partial charge in [0, 0.05) is 41.7 Å². The van der Waals surface area contributed by atoms with Crippen molar-refractivity contribution in [2.75, 3.05) is 0 Å². The lowest BCUT2D eigenvalue weighted by Gasteiger charge is -2.20. The van der Waals surface area contributed by atoms with Crippen LogP contribution in [0.1, 0.15) is 48.3 Å². The van der Waals surface area contributed by atoms with Gasteiger partial charge in [0.15, 0.2) is 5.82 Å². The Morgan fingerprint density at radius 2 is 1.93 bits per heavy atom. The molecule has 4 aromatic rings. The summed E-state index contributed by atoms with van der Waals surface area (Å²) in [5.41, 5.74) is -0.00175. The Hall–Kier alpha value is -4.08. The highest BCUT2D eigenvalue weighted by Gasteiger charge is 2.32. The van der Waals surface area contributed by atoms with E-state index in [0.717, 1.165) is 0 Å². The quantitative estimate of drug-likeness (QED) is 0.295. The summed E-state index contributed by atoms with van der Waals surface area (Å²) >= 11 is 0. The molecular weight excluding hydrogens is 555 g/mol. The Balaban J connectivity index is 1.40. The summed E-state index contributed by atoms with van der Waals surface area (Å²) in [4.78, 5) is 25.5. The molecule has 2 aromatic heterocycles. The van der Waals surface area contributed by atoms with E-state index in [1.807, 2.05) is 4.57 Å². The zero-order chi connectivity index (χ0) is 28.8. The van der Waals surface area contributed by atoms with Crippen LogP contribution < -0.4 is 10.1 Å². The zero-order valence-electron chi connectivity index (χ0n) is 21.0. The van der Waals surface area contributed by atoms with Crippen LogP contribution in [0.5, 0.6) is 5.75 Å². The van der Waals surface area contributed by atoms with Crippen LogP contribution in [0, 0.1) is 5.82 Å². The van der Waals surface area contributed by atoms with Crippen molar-refractivity contribution in [3.05, 3.63) is 71.8 Å². The van der Waals surface area contributed by atoms with Crippen LogP contribution in [0.15, 0.2) is 48.8 Å². The predicted molar refractivity (Wildman–Crippen MR) is 134 cm³/mol. The summed E-state index contributed by atoms with van der Waals surface area (Å²) in [5.74, 6) is -0.794. The second-order valence-corrected chi connectivity index (χ2v) is 10.5. The predicted octanol–water partition coefficient (Wildman–Crippen LogP) is 4.16. The van der Waals surface area contributed by atoms with Gasteiger partial charge < -0.3 is 14.6 Å². The minimum absolute atomic E-state index is 0.0505. The molecule has 0 fully saturated rings. The first-order valence-corrected chi connectivity index (χ1v) is 13.2. The van der Waals surface area contributed by atoms with Crippen LogP contribution in [0.2, 0.25) is 0 Å². The molecule has 1 aliphatic rings. The standard InChI is InChI=1S/C25H22F3N5O6S/c1-25(2,39-40(35,36)37)23-29-11-14(12-30-23)16-9-20-19(10-17(16)26)31-21-18(6-7-33(20)21)32-22(34)13-4-3-5-15(8-13)38-24(27)28/h3-5,8-12,18,24H,6-7H2,1-2H3,(H,32,34)(H,35,36,37)/t18-/m1/s1. The number of aromatic nitrogens is 4. The van der Waals surface area contributed by atoms with Gasteiger partial charge in [-0.15, -0.1) is 0 Å². The highest BCUT2D eigenvalue weighted by atomic mass is 32.3. The highest BCUT2D eigenvalue weighted by molar-refractivity contribution is 7.80. The summed E-state index contributed by atoms with van der Waals surface area (Å²) in [7, 11) is -4.77. The maximum absolute atomic E-state index is 15.1. The van der Waals surface area contributed by atoms with Crippen molar-refractivity contribution >= 4 is 27.3 Å². The minimum Gasteiger partial charge on any atom is -0.435 e. The molecule has 11 nitrogen and oxygen atoms in total. The number of rotatable bonds is 8. The molecule has 0 aliphatic carbocycles. The molecule has 2 N–H and O–H groups in total. The third-order valence-electron chi connectivity index (χ3n) is 6.26. The molecule has 210 valence electrons. The van der Waals surface area contributed by atoms with Crippen molar-refractivity contribution in [3.63, 3.8) is 0 Å². The summed E-state index contributed by atoms with van der Waals surface area (Å²) in [6.45, 7) is 0.156. The zero-order valence-corrected chi connectivity index (χ0v) is 21.8. The first-order chi connectivity index (χ1) is 18.8. The third kappa shape index (κ3) is 5.61. The minimum atomic E-state index is -4.77. The SMILES string of the molecule is CC(C)(OS(=O)(=O)O)c1ncc(-c2cc3c(cc2F)nc2n3CC[C@H]2NC(=O)c2cccc(OC(F)F)c2)cn1. The largest absolute Gasteiger partial charge is 0.435 e. The lowest BCUT2D eigenvalue weighted by atomic mass is 10.1. The smallest absolute Gasteiger partial charge is 0.398 e. The molecule has 0 saturated heterocycles. The number of halogens is 3. The molecule has 1 amide bonds. The van der Waals surface area contributed by atoms with Crippen LogP contribution in [-0.2, 0) is 26.7 Å². The Morgan fingerprint density at radius 3 is 2.60 bits per heavy atom. The lowest BCUT2D eigenvalue weighted by Crippen LogP contribution is -2.27. The number of nitrogens with one attached hydrogen (secondary N) is 1. The monoisotopic (exact) mass is 577 g/mol. The van der Waals surface area contributed by atoms with E-state index < -0.39 is 40.4 Å². The molecular formula is C25H22F3N5O6S. The molecule has 15 heteroatoms. The van der Waals surface area contributed by atoms with Gasteiger partial charge in [-0.2, -0.15) is 17.2 Å². The second-order valence-electron chi connectivity index (χ2n) is 9.48. The van der Waals surface area contributed by atoms with Gasteiger partial charge in [0.05, 0.1) is 17.1 Å². The molecule has 0 spiro atoms. The number of hydrogen-bond acceptors (Lipinski definition) is 8. The van der Waals surface area contributed by atoms with E-state index in [2.05, 4.69) is 29.2 Å². The van der Waals surface area contributed by atoms with Crippen molar-refractivity contribution in [1.29, 1.82) is 0 Å². The Morgan fingerprint density at radius 1 is 1.20 bits per heavy atom. The Bertz CT molecular complexity index is 1710. The fourth-order valence-electron chi connectivity index (χ4n) is 4.54. The first kappa shape index (κ1) is 27.5. The summed E-state index contributed by atoms with van der Waals surface area (Å²) < 4.78 is 82.2. The van der Waals surface area contributed by atoms with E-state index in [0.29, 0.717) is 35.4 Å². The average Bonchev–Trinajstić information content (AvgIpc) is 3.41. The van der Waals surface area contributed by atoms with E-state index in [-0.39, 0.29) is 22.7 Å². The molecule has 0 radical (unpaired) electrons. The van der Waals surface area contributed by atoms with Crippen molar-refractivity contribution in [2.24, 2.45) is 0 Å². The van der Waals surface area contributed by atoms with Gasteiger partial charge in [0.2, 0.25) is 0 Å². The van der Waals surface area contributed by atoms with Gasteiger partial charge in [0.1, 0.15) is 23.0 Å². The molecule has 1 aliphatic heterocycles. The number of nitrogens with zero attached hydrogens (tertiary/aromatic N) is 4. The van der Waals surface area contributed by atoms with Gasteiger partial charge in [0.25, 0.3) is 5.91 Å². The normalized spacial score (nSPS) is 15.4. The maximum atomic E-state index is 15.1. The Kier molecular flexibility index (Phi) is 6.97. The highest BCUT2D eigenvalue weighted by Crippen LogP contribution is 2.34. The lowest BCUT2D eigenvalue weighted by molar-refractivity contribution is -0.0499. The van der Waals surface area contributed by atoms with E-state index in [9.17, 15) is 22.0 Å². The van der Waals surface area contributed by atoms with Crippen LogP contribution in [0.4, 0.5) is 13.2 Å². The van der Waals surface area contributed by atoms with Crippen LogP contribution in [-0.4, -0.2) is 45.0 Å². The van der Waals surface area contributed by atoms with Crippen molar-refractivity contribution < 1.29 is 39.9 Å². The topological polar surface area (TPSA) is 146 Å². The second kappa shape index (κ2) is 10.1. The Labute approximate surface area is 225 Å². The van der Waals surface area contributed by atoms with Crippen molar-refractivity contribution in [3.8, 4) is 16.9 Å².